The van der Waals surface area contributed by atoms with E-state index < -0.39 is 6.16 Å². The predicted molar refractivity (Wildman–Crippen MR) is 27.7 cm³/mol. The van der Waals surface area contributed by atoms with Crippen LogP contribution in [0.2, 0.25) is 0 Å². The van der Waals surface area contributed by atoms with Crippen LogP contribution in [0.5, 0.6) is 0 Å². The molecule has 0 aliphatic carbocycles. The molecular formula is CH6BaO3Pb. The van der Waals surface area contributed by atoms with Gasteiger partial charge in [-0.3, -0.25) is 0 Å². The van der Waals surface area contributed by atoms with Crippen molar-refractivity contribution < 1.29 is 15.0 Å². The number of carbonyl (C=O) groups is 1. The molecule has 0 aromatic carbocycles. The first kappa shape index (κ1) is 15.7. The van der Waals surface area contributed by atoms with E-state index in [2.05, 4.69) is 0 Å². The molecule has 3 nitrogen and oxygen atoms in total. The maximum atomic E-state index is 8.56. The standard InChI is InChI=1S/CH2O3.Ba.Pb.4H/c2-1(3)4;;;;;;/h(H2,2,3,4);;;;;;. The fourth-order valence-corrected chi connectivity index (χ4v) is 0. The summed E-state index contributed by atoms with van der Waals surface area (Å²) < 4.78 is 0. The van der Waals surface area contributed by atoms with Crippen LogP contribution in [0.25, 0.3) is 0 Å². The first-order chi connectivity index (χ1) is 1.73. The van der Waals surface area contributed by atoms with E-state index in [9.17, 15) is 0 Å². The Morgan fingerprint density at radius 3 is 1.33 bits per heavy atom. The van der Waals surface area contributed by atoms with Gasteiger partial charge in [0.1, 0.15) is 0 Å². The fraction of sp³-hybridized carbons (Fsp3) is 0. The van der Waals surface area contributed by atoms with Gasteiger partial charge in [0, 0.05) is 0 Å². The van der Waals surface area contributed by atoms with Crippen LogP contribution in [0.3, 0.4) is 0 Å². The normalized spacial score (nSPS) is 4.00. The third kappa shape index (κ3) is 42.1. The second-order valence-electron chi connectivity index (χ2n) is 0.283. The van der Waals surface area contributed by atoms with Crippen molar-refractivity contribution in [2.24, 2.45) is 0 Å². The number of hydrogen-bond donors (Lipinski definition) is 2. The van der Waals surface area contributed by atoms with E-state index in [0.717, 1.165) is 0 Å². The molecule has 34 valence electrons. The van der Waals surface area contributed by atoms with Crippen LogP contribution in [0, 0.1) is 0 Å². The van der Waals surface area contributed by atoms with Crippen LogP contribution >= 0.6 is 0 Å². The molecule has 0 aromatic rings. The maximum absolute atomic E-state index is 8.56. The molecule has 0 aliphatic rings. The molecule has 0 aromatic heterocycles. The predicted octanol–water partition coefficient (Wildman–Crippen LogP) is -1.61. The number of hydrogen-bond acceptors (Lipinski definition) is 1. The van der Waals surface area contributed by atoms with Gasteiger partial charge in [0.25, 0.3) is 0 Å². The van der Waals surface area contributed by atoms with Gasteiger partial charge in [0.05, 0.1) is 0 Å². The average molecular weight is 411 g/mol. The average Bonchev–Trinajstić information content (AvgIpc) is 0.811. The summed E-state index contributed by atoms with van der Waals surface area (Å²) >= 11 is 0. The quantitative estimate of drug-likeness (QED) is 0.473. The van der Waals surface area contributed by atoms with Gasteiger partial charge in [-0.1, -0.05) is 0 Å². The molecule has 2 radical (unpaired) electrons. The van der Waals surface area contributed by atoms with Gasteiger partial charge in [-0.2, -0.15) is 0 Å². The van der Waals surface area contributed by atoms with Crippen LogP contribution in [0.1, 0.15) is 0 Å². The van der Waals surface area contributed by atoms with Crippen molar-refractivity contribution in [3.8, 4) is 0 Å². The van der Waals surface area contributed by atoms with Crippen molar-refractivity contribution in [3.05, 3.63) is 0 Å². The first-order valence-corrected chi connectivity index (χ1v) is 0.651. The summed E-state index contributed by atoms with van der Waals surface area (Å²) in [6.45, 7) is 0. The third-order valence-electron chi connectivity index (χ3n) is 0. The van der Waals surface area contributed by atoms with Crippen molar-refractivity contribution in [1.29, 1.82) is 0 Å². The second-order valence-corrected chi connectivity index (χ2v) is 0.283. The van der Waals surface area contributed by atoms with Crippen LogP contribution in [0.15, 0.2) is 0 Å². The molecule has 0 unspecified atom stereocenters. The Morgan fingerprint density at radius 1 is 1.33 bits per heavy atom. The van der Waals surface area contributed by atoms with E-state index in [-0.39, 0.29) is 76.2 Å². The second kappa shape index (κ2) is 9.90. The van der Waals surface area contributed by atoms with Crippen molar-refractivity contribution in [2.45, 2.75) is 0 Å². The van der Waals surface area contributed by atoms with E-state index in [0.29, 0.717) is 0 Å². The van der Waals surface area contributed by atoms with Crippen LogP contribution in [-0.2, 0) is 0 Å². The van der Waals surface area contributed by atoms with E-state index in [1.807, 2.05) is 0 Å². The van der Waals surface area contributed by atoms with Crippen molar-refractivity contribution in [1.82, 2.24) is 0 Å². The van der Waals surface area contributed by atoms with Crippen LogP contribution in [0.4, 0.5) is 4.79 Å². The van der Waals surface area contributed by atoms with Gasteiger partial charge in [0.2, 0.25) is 0 Å². The molecule has 6 heavy (non-hydrogen) atoms. The summed E-state index contributed by atoms with van der Waals surface area (Å²) in [6.07, 6.45) is -1.83. The zero-order chi connectivity index (χ0) is 3.58. The Morgan fingerprint density at radius 2 is 1.33 bits per heavy atom. The Labute approximate surface area is 95.3 Å². The van der Waals surface area contributed by atoms with Gasteiger partial charge in [0.15, 0.2) is 0 Å². The molecule has 0 heterocycles. The third-order valence-corrected chi connectivity index (χ3v) is 0. The molecule has 0 rings (SSSR count). The van der Waals surface area contributed by atoms with Gasteiger partial charge >= 0.3 is 82.3 Å². The van der Waals surface area contributed by atoms with E-state index in [1.54, 1.807) is 0 Å². The summed E-state index contributed by atoms with van der Waals surface area (Å²) in [6, 6.07) is 0. The van der Waals surface area contributed by atoms with E-state index in [4.69, 9.17) is 15.0 Å². The van der Waals surface area contributed by atoms with Crippen molar-refractivity contribution in [3.63, 3.8) is 0 Å². The van der Waals surface area contributed by atoms with Gasteiger partial charge < -0.3 is 10.2 Å². The van der Waals surface area contributed by atoms with Gasteiger partial charge in [-0.05, 0) is 0 Å². The molecule has 0 aliphatic heterocycles. The van der Waals surface area contributed by atoms with Gasteiger partial charge in [-0.15, -0.1) is 0 Å². The Kier molecular flexibility index (Phi) is 25.8. The van der Waals surface area contributed by atoms with E-state index >= 15 is 0 Å². The molecule has 0 atom stereocenters. The SMILES string of the molecule is O=C(O)O.[BaH2].[PbH2]. The minimum absolute atomic E-state index is 0. The van der Waals surface area contributed by atoms with Crippen molar-refractivity contribution in [2.75, 3.05) is 0 Å². The molecule has 0 amide bonds. The molecule has 0 bridgehead atoms. The molecule has 2 N–H and O–H groups in total. The summed E-state index contributed by atoms with van der Waals surface area (Å²) in [7, 11) is 0. The summed E-state index contributed by atoms with van der Waals surface area (Å²) in [5, 5.41) is 13.9. The number of rotatable bonds is 0. The Bertz CT molecular complexity index is 33.8. The summed E-state index contributed by atoms with van der Waals surface area (Å²) in [5.74, 6) is 0. The first-order valence-electron chi connectivity index (χ1n) is 0.651. The molecule has 0 spiro atoms. The van der Waals surface area contributed by atoms with Crippen molar-refractivity contribution >= 4 is 82.3 Å². The summed E-state index contributed by atoms with van der Waals surface area (Å²) in [5.41, 5.74) is 0. The zero-order valence-electron chi connectivity index (χ0n) is 2.51. The van der Waals surface area contributed by atoms with Crippen LogP contribution < -0.4 is 0 Å². The molecular weight excluding hydrogens is 405 g/mol. The molecule has 0 fully saturated rings. The Balaban J connectivity index is -0.0000000450. The Hall–Kier alpha value is 1.76. The number of carboxylic acid groups (broad SMARTS) is 2. The van der Waals surface area contributed by atoms with E-state index in [1.165, 1.54) is 0 Å². The fourth-order valence-electron chi connectivity index (χ4n) is 0. The summed E-state index contributed by atoms with van der Waals surface area (Å²) in [4.78, 5) is 8.56. The topological polar surface area (TPSA) is 57.5 Å². The molecule has 0 saturated carbocycles. The minimum atomic E-state index is -1.83. The van der Waals surface area contributed by atoms with Crippen LogP contribution in [-0.4, -0.2) is 92.5 Å². The zero-order valence-corrected chi connectivity index (χ0v) is 8.01. The van der Waals surface area contributed by atoms with Gasteiger partial charge in [-0.25, -0.2) is 4.79 Å². The molecule has 0 saturated heterocycles. The monoisotopic (exact) mass is 412 g/mol. The molecule has 5 heteroatoms.